The van der Waals surface area contributed by atoms with Crippen LogP contribution in [-0.4, -0.2) is 10.2 Å². The van der Waals surface area contributed by atoms with Gasteiger partial charge < -0.3 is 10.2 Å². The van der Waals surface area contributed by atoms with E-state index in [0.717, 1.165) is 0 Å². The molecule has 0 atom stereocenters. The fourth-order valence-electron chi connectivity index (χ4n) is 1.61. The Kier molecular flexibility index (Phi) is 15.9. The minimum absolute atomic E-state index is 0. The molecule has 0 bridgehead atoms. The maximum Gasteiger partial charge on any atom is 2.00 e. The van der Waals surface area contributed by atoms with Gasteiger partial charge in [-0.05, 0) is 24.3 Å². The van der Waals surface area contributed by atoms with Gasteiger partial charge in [-0.1, -0.05) is 46.4 Å². The van der Waals surface area contributed by atoms with E-state index < -0.39 is 0 Å². The summed E-state index contributed by atoms with van der Waals surface area (Å²) in [4.78, 5) is 0. The summed E-state index contributed by atoms with van der Waals surface area (Å²) in [6.07, 6.45) is 0. The van der Waals surface area contributed by atoms with Crippen LogP contribution in [0.4, 0.5) is 0 Å². The van der Waals surface area contributed by atoms with E-state index in [9.17, 15) is 0 Å². The molecule has 4 aromatic rings. The number of aromatic hydroxyl groups is 2. The fourth-order valence-corrected chi connectivity index (χ4v) is 2.18. The second-order valence-electron chi connectivity index (χ2n) is 5.12. The number of rotatable bonds is 0. The quantitative estimate of drug-likeness (QED) is 0.218. The monoisotopic (exact) mass is 544 g/mol. The molecule has 0 amide bonds. The number of benzene rings is 2. The van der Waals surface area contributed by atoms with Crippen molar-refractivity contribution in [2.75, 3.05) is 0 Å². The molecule has 2 N–H and O–H groups in total. The minimum Gasteiger partial charge on any atom is -0.506 e. The van der Waals surface area contributed by atoms with Gasteiger partial charge in [-0.15, -0.1) is 0 Å². The summed E-state index contributed by atoms with van der Waals surface area (Å²) in [5.41, 5.74) is 0. The summed E-state index contributed by atoms with van der Waals surface area (Å²) < 4.78 is 0. The standard InChI is InChI=1S/2C6H4Cl2O.2C5H5.Zr/c2*7-4-1-2-5(8)6(9)3-4;2*1-2-4-5-3-1;/h2*1-3,9H;2*1-5H;/q;;2*-1;+2. The fraction of sp³-hybridized carbons (Fsp3) is 0. The van der Waals surface area contributed by atoms with Crippen molar-refractivity contribution in [2.45, 2.75) is 0 Å². The van der Waals surface area contributed by atoms with Crippen LogP contribution in [0.25, 0.3) is 0 Å². The zero-order chi connectivity index (χ0) is 20.8. The number of halogens is 4. The molecule has 0 aliphatic heterocycles. The molecular formula is C22H18Cl4O2Zr. The van der Waals surface area contributed by atoms with Crippen LogP contribution in [0.15, 0.2) is 97.1 Å². The Morgan fingerprint density at radius 3 is 1.03 bits per heavy atom. The van der Waals surface area contributed by atoms with Crippen molar-refractivity contribution >= 4 is 46.4 Å². The van der Waals surface area contributed by atoms with E-state index >= 15 is 0 Å². The molecule has 0 fully saturated rings. The van der Waals surface area contributed by atoms with Crippen LogP contribution in [0.3, 0.4) is 0 Å². The summed E-state index contributed by atoms with van der Waals surface area (Å²) in [5, 5.41) is 19.4. The molecule has 0 spiro atoms. The molecule has 4 rings (SSSR count). The van der Waals surface area contributed by atoms with Crippen LogP contribution < -0.4 is 0 Å². The smallest absolute Gasteiger partial charge is 0.506 e. The molecule has 0 saturated heterocycles. The molecule has 0 saturated carbocycles. The van der Waals surface area contributed by atoms with Crippen molar-refractivity contribution in [3.8, 4) is 11.5 Å². The van der Waals surface area contributed by atoms with Gasteiger partial charge in [0, 0.05) is 22.2 Å². The maximum absolute atomic E-state index is 8.88. The van der Waals surface area contributed by atoms with Crippen LogP contribution in [-0.2, 0) is 26.2 Å². The third kappa shape index (κ3) is 13.6. The molecule has 0 aliphatic rings. The molecule has 0 heterocycles. The third-order valence-electron chi connectivity index (χ3n) is 2.93. The summed E-state index contributed by atoms with van der Waals surface area (Å²) in [6.45, 7) is 0. The Morgan fingerprint density at radius 2 is 0.862 bits per heavy atom. The van der Waals surface area contributed by atoms with E-state index in [0.29, 0.717) is 20.1 Å². The van der Waals surface area contributed by atoms with E-state index in [4.69, 9.17) is 56.6 Å². The Balaban J connectivity index is 0.000000369. The molecule has 0 radical (unpaired) electrons. The van der Waals surface area contributed by atoms with Crippen molar-refractivity contribution in [2.24, 2.45) is 0 Å². The summed E-state index contributed by atoms with van der Waals surface area (Å²) in [6, 6.07) is 29.1. The Hall–Kier alpha value is -1.22. The molecule has 150 valence electrons. The normalized spacial score (nSPS) is 8.69. The first kappa shape index (κ1) is 27.8. The van der Waals surface area contributed by atoms with Crippen molar-refractivity contribution in [1.29, 1.82) is 0 Å². The summed E-state index contributed by atoms with van der Waals surface area (Å²) >= 11 is 21.9. The first-order chi connectivity index (χ1) is 13.4. The molecule has 7 heteroatoms. The van der Waals surface area contributed by atoms with E-state index in [1.165, 1.54) is 12.1 Å². The zero-order valence-electron chi connectivity index (χ0n) is 15.1. The first-order valence-corrected chi connectivity index (χ1v) is 9.52. The largest absolute Gasteiger partial charge is 2.00 e. The second kappa shape index (κ2) is 16.6. The van der Waals surface area contributed by atoms with Gasteiger partial charge >= 0.3 is 26.2 Å². The maximum atomic E-state index is 8.88. The van der Waals surface area contributed by atoms with Gasteiger partial charge in [0.05, 0.1) is 10.0 Å². The molecule has 0 aliphatic carbocycles. The molecule has 29 heavy (non-hydrogen) atoms. The van der Waals surface area contributed by atoms with E-state index in [1.54, 1.807) is 24.3 Å². The number of phenolic OH excluding ortho intramolecular Hbond substituents is 2. The molecule has 0 aromatic heterocycles. The van der Waals surface area contributed by atoms with Crippen molar-refractivity contribution < 1.29 is 36.4 Å². The van der Waals surface area contributed by atoms with Gasteiger partial charge in [-0.2, -0.15) is 36.4 Å². The number of hydrogen-bond donors (Lipinski definition) is 2. The van der Waals surface area contributed by atoms with Crippen LogP contribution in [0.2, 0.25) is 20.1 Å². The van der Waals surface area contributed by atoms with Gasteiger partial charge in [-0.3, -0.25) is 0 Å². The second-order valence-corrected chi connectivity index (χ2v) is 6.80. The number of hydrogen-bond acceptors (Lipinski definition) is 2. The van der Waals surface area contributed by atoms with Crippen LogP contribution >= 0.6 is 46.4 Å². The average Bonchev–Trinajstić information content (AvgIpc) is 3.41. The van der Waals surface area contributed by atoms with Crippen LogP contribution in [0.5, 0.6) is 11.5 Å². The topological polar surface area (TPSA) is 40.5 Å². The Morgan fingerprint density at radius 1 is 0.552 bits per heavy atom. The number of phenols is 2. The van der Waals surface area contributed by atoms with Crippen LogP contribution in [0, 0.1) is 0 Å². The van der Waals surface area contributed by atoms with Crippen molar-refractivity contribution in [3.63, 3.8) is 0 Å². The van der Waals surface area contributed by atoms with Crippen molar-refractivity contribution in [1.82, 2.24) is 0 Å². The van der Waals surface area contributed by atoms with Crippen molar-refractivity contribution in [3.05, 3.63) is 117 Å². The van der Waals surface area contributed by atoms with E-state index in [2.05, 4.69) is 0 Å². The summed E-state index contributed by atoms with van der Waals surface area (Å²) in [7, 11) is 0. The average molecular weight is 547 g/mol. The van der Waals surface area contributed by atoms with Gasteiger partial charge in [0.2, 0.25) is 0 Å². The molecule has 0 unspecified atom stereocenters. The van der Waals surface area contributed by atoms with Gasteiger partial charge in [0.25, 0.3) is 0 Å². The Labute approximate surface area is 210 Å². The summed E-state index contributed by atoms with van der Waals surface area (Å²) in [5.74, 6) is 0.0355. The minimum atomic E-state index is 0. The van der Waals surface area contributed by atoms with Crippen LogP contribution in [0.1, 0.15) is 0 Å². The van der Waals surface area contributed by atoms with Gasteiger partial charge in [0.1, 0.15) is 11.5 Å². The molecule has 2 nitrogen and oxygen atoms in total. The Bertz CT molecular complexity index is 785. The van der Waals surface area contributed by atoms with E-state index in [1.807, 2.05) is 60.7 Å². The molecular weight excluding hydrogens is 529 g/mol. The zero-order valence-corrected chi connectivity index (χ0v) is 20.6. The molecule has 4 aromatic carbocycles. The predicted octanol–water partition coefficient (Wildman–Crippen LogP) is 8.21. The SMILES string of the molecule is Oc1cc(Cl)ccc1Cl.Oc1cc(Cl)ccc1Cl.[Zr+2].c1cc[cH-]c1.c1cc[cH-]c1. The van der Waals surface area contributed by atoms with Gasteiger partial charge in [0.15, 0.2) is 0 Å². The van der Waals surface area contributed by atoms with E-state index in [-0.39, 0.29) is 37.7 Å². The predicted molar refractivity (Wildman–Crippen MR) is 120 cm³/mol. The van der Waals surface area contributed by atoms with Gasteiger partial charge in [-0.25, -0.2) is 24.3 Å². The first-order valence-electron chi connectivity index (χ1n) is 8.01. The third-order valence-corrected chi connectivity index (χ3v) is 4.04.